The van der Waals surface area contributed by atoms with Gasteiger partial charge in [0.15, 0.2) is 0 Å². The molecule has 4 heterocycles. The van der Waals surface area contributed by atoms with Crippen LogP contribution in [0.4, 0.5) is 5.95 Å². The largest absolute Gasteiger partial charge is 0.378 e. The number of thiazole rings is 1. The van der Waals surface area contributed by atoms with Crippen molar-refractivity contribution in [2.45, 2.75) is 33.2 Å². The number of aromatic amines is 1. The first-order valence-corrected chi connectivity index (χ1v) is 11.7. The molecular weight excluding hydrogens is 416 g/mol. The van der Waals surface area contributed by atoms with E-state index in [4.69, 9.17) is 4.74 Å². The molecule has 1 amide bonds. The Morgan fingerprint density at radius 3 is 2.52 bits per heavy atom. The SMILES string of the molecule is Cc1nc(CN2CCN(C(=O)CCc3c(C)nc(N4CCOCC4)[nH]c3=O)CC2)cs1. The molecule has 168 valence electrons. The first kappa shape index (κ1) is 21.9. The Morgan fingerprint density at radius 2 is 1.87 bits per heavy atom. The van der Waals surface area contributed by atoms with Crippen molar-refractivity contribution < 1.29 is 9.53 Å². The van der Waals surface area contributed by atoms with Gasteiger partial charge in [0.25, 0.3) is 5.56 Å². The molecule has 2 fully saturated rings. The van der Waals surface area contributed by atoms with Gasteiger partial charge in [0.2, 0.25) is 11.9 Å². The van der Waals surface area contributed by atoms with Gasteiger partial charge in [-0.25, -0.2) is 9.97 Å². The van der Waals surface area contributed by atoms with Crippen LogP contribution in [0.1, 0.15) is 28.4 Å². The summed E-state index contributed by atoms with van der Waals surface area (Å²) in [7, 11) is 0. The molecule has 0 atom stereocenters. The van der Waals surface area contributed by atoms with Crippen LogP contribution in [-0.2, 0) is 22.5 Å². The monoisotopic (exact) mass is 446 g/mol. The van der Waals surface area contributed by atoms with E-state index < -0.39 is 0 Å². The first-order chi connectivity index (χ1) is 15.0. The number of rotatable bonds is 6. The van der Waals surface area contributed by atoms with Crippen molar-refractivity contribution in [3.63, 3.8) is 0 Å². The predicted molar refractivity (Wildman–Crippen MR) is 120 cm³/mol. The Hall–Kier alpha value is -2.30. The summed E-state index contributed by atoms with van der Waals surface area (Å²) in [6, 6.07) is 0. The van der Waals surface area contributed by atoms with Crippen molar-refractivity contribution in [2.75, 3.05) is 57.4 Å². The third-order valence-corrected chi connectivity index (χ3v) is 6.71. The van der Waals surface area contributed by atoms with Gasteiger partial charge in [-0.2, -0.15) is 0 Å². The highest BCUT2D eigenvalue weighted by molar-refractivity contribution is 7.09. The summed E-state index contributed by atoms with van der Waals surface area (Å²) in [6.45, 7) is 10.5. The van der Waals surface area contributed by atoms with Gasteiger partial charge >= 0.3 is 0 Å². The Bertz CT molecular complexity index is 960. The number of aryl methyl sites for hydroxylation is 2. The minimum Gasteiger partial charge on any atom is -0.378 e. The molecule has 10 heteroatoms. The van der Waals surface area contributed by atoms with Gasteiger partial charge in [0.05, 0.1) is 23.9 Å². The lowest BCUT2D eigenvalue weighted by Crippen LogP contribution is -2.48. The number of nitrogens with zero attached hydrogens (tertiary/aromatic N) is 5. The Balaban J connectivity index is 1.28. The summed E-state index contributed by atoms with van der Waals surface area (Å²) in [5.74, 6) is 0.688. The van der Waals surface area contributed by atoms with Crippen LogP contribution in [0.15, 0.2) is 10.2 Å². The van der Waals surface area contributed by atoms with E-state index in [1.807, 2.05) is 23.6 Å². The van der Waals surface area contributed by atoms with Gasteiger partial charge in [-0.3, -0.25) is 19.5 Å². The van der Waals surface area contributed by atoms with Crippen LogP contribution in [0.25, 0.3) is 0 Å². The van der Waals surface area contributed by atoms with E-state index in [1.54, 1.807) is 11.3 Å². The zero-order chi connectivity index (χ0) is 21.8. The van der Waals surface area contributed by atoms with Gasteiger partial charge < -0.3 is 14.5 Å². The van der Waals surface area contributed by atoms with Crippen LogP contribution >= 0.6 is 11.3 Å². The number of hydrogen-bond donors (Lipinski definition) is 1. The van der Waals surface area contributed by atoms with E-state index in [0.717, 1.165) is 30.3 Å². The van der Waals surface area contributed by atoms with E-state index in [0.29, 0.717) is 69.4 Å². The van der Waals surface area contributed by atoms with Crippen LogP contribution in [0.3, 0.4) is 0 Å². The molecule has 31 heavy (non-hydrogen) atoms. The molecule has 0 aliphatic carbocycles. The lowest BCUT2D eigenvalue weighted by molar-refractivity contribution is -0.133. The summed E-state index contributed by atoms with van der Waals surface area (Å²) in [4.78, 5) is 43.6. The maximum atomic E-state index is 12.7. The number of piperazine rings is 1. The second-order valence-electron chi connectivity index (χ2n) is 8.07. The Labute approximate surface area is 186 Å². The molecule has 2 aromatic rings. The number of aromatic nitrogens is 3. The molecule has 4 rings (SSSR count). The summed E-state index contributed by atoms with van der Waals surface area (Å²) in [5.41, 5.74) is 2.25. The number of carbonyl (C=O) groups is 1. The number of amides is 1. The van der Waals surface area contributed by atoms with Gasteiger partial charge in [-0.1, -0.05) is 0 Å². The van der Waals surface area contributed by atoms with E-state index in [9.17, 15) is 9.59 Å². The number of anilines is 1. The number of ether oxygens (including phenoxy) is 1. The lowest BCUT2D eigenvalue weighted by Gasteiger charge is -2.34. The molecule has 0 spiro atoms. The molecule has 2 aliphatic rings. The zero-order valence-corrected chi connectivity index (χ0v) is 19.0. The van der Waals surface area contributed by atoms with Crippen LogP contribution < -0.4 is 10.5 Å². The minimum absolute atomic E-state index is 0.0974. The smallest absolute Gasteiger partial charge is 0.255 e. The van der Waals surface area contributed by atoms with Gasteiger partial charge in [-0.15, -0.1) is 11.3 Å². The fourth-order valence-corrected chi connectivity index (χ4v) is 4.67. The molecule has 2 saturated heterocycles. The lowest BCUT2D eigenvalue weighted by atomic mass is 10.1. The van der Waals surface area contributed by atoms with Crippen molar-refractivity contribution in [1.29, 1.82) is 0 Å². The normalized spacial score (nSPS) is 17.9. The van der Waals surface area contributed by atoms with Crippen molar-refractivity contribution >= 4 is 23.2 Å². The molecule has 1 N–H and O–H groups in total. The van der Waals surface area contributed by atoms with Crippen LogP contribution in [0.2, 0.25) is 0 Å². The average Bonchev–Trinajstić information content (AvgIpc) is 3.18. The Morgan fingerprint density at radius 1 is 1.13 bits per heavy atom. The second kappa shape index (κ2) is 9.88. The molecule has 2 aromatic heterocycles. The highest BCUT2D eigenvalue weighted by Crippen LogP contribution is 2.14. The third kappa shape index (κ3) is 5.50. The maximum Gasteiger partial charge on any atom is 0.255 e. The predicted octanol–water partition coefficient (Wildman–Crippen LogP) is 0.957. The molecular formula is C21H30N6O3S. The van der Waals surface area contributed by atoms with Crippen molar-refractivity contribution in [3.8, 4) is 0 Å². The summed E-state index contributed by atoms with van der Waals surface area (Å²) < 4.78 is 5.36. The summed E-state index contributed by atoms with van der Waals surface area (Å²) in [6.07, 6.45) is 0.739. The summed E-state index contributed by atoms with van der Waals surface area (Å²) in [5, 5.41) is 3.19. The Kier molecular flexibility index (Phi) is 6.99. The second-order valence-corrected chi connectivity index (χ2v) is 9.13. The maximum absolute atomic E-state index is 12.7. The fraction of sp³-hybridized carbons (Fsp3) is 0.619. The van der Waals surface area contributed by atoms with Gasteiger partial charge in [0, 0.05) is 68.9 Å². The van der Waals surface area contributed by atoms with E-state index in [-0.39, 0.29) is 11.5 Å². The van der Waals surface area contributed by atoms with Crippen LogP contribution in [0, 0.1) is 13.8 Å². The topological polar surface area (TPSA) is 94.7 Å². The number of carbonyl (C=O) groups excluding carboxylic acids is 1. The number of hydrogen-bond acceptors (Lipinski definition) is 8. The number of nitrogens with one attached hydrogen (secondary N) is 1. The van der Waals surface area contributed by atoms with E-state index in [1.165, 1.54) is 0 Å². The highest BCUT2D eigenvalue weighted by Gasteiger charge is 2.22. The minimum atomic E-state index is -0.148. The average molecular weight is 447 g/mol. The highest BCUT2D eigenvalue weighted by atomic mass is 32.1. The molecule has 0 bridgehead atoms. The van der Waals surface area contributed by atoms with Crippen molar-refractivity contribution in [2.24, 2.45) is 0 Å². The zero-order valence-electron chi connectivity index (χ0n) is 18.2. The number of H-pyrrole nitrogens is 1. The third-order valence-electron chi connectivity index (χ3n) is 5.89. The van der Waals surface area contributed by atoms with Crippen molar-refractivity contribution in [3.05, 3.63) is 37.7 Å². The quantitative estimate of drug-likeness (QED) is 0.706. The number of morpholine rings is 1. The standard InChI is InChI=1S/C21H30N6O3S/c1-15-18(20(29)24-21(22-15)27-9-11-30-12-10-27)3-4-19(28)26-7-5-25(6-8-26)13-17-14-31-16(2)23-17/h14H,3-13H2,1-2H3,(H,22,24,29). The molecule has 0 radical (unpaired) electrons. The van der Waals surface area contributed by atoms with E-state index in [2.05, 4.69) is 25.2 Å². The molecule has 0 aromatic carbocycles. The van der Waals surface area contributed by atoms with Gasteiger partial charge in [-0.05, 0) is 20.3 Å². The van der Waals surface area contributed by atoms with E-state index >= 15 is 0 Å². The molecule has 9 nitrogen and oxygen atoms in total. The fourth-order valence-electron chi connectivity index (χ4n) is 4.07. The molecule has 0 unspecified atom stereocenters. The molecule has 0 saturated carbocycles. The van der Waals surface area contributed by atoms with Crippen molar-refractivity contribution in [1.82, 2.24) is 24.8 Å². The van der Waals surface area contributed by atoms with Crippen LogP contribution in [-0.4, -0.2) is 83.1 Å². The summed E-state index contributed by atoms with van der Waals surface area (Å²) >= 11 is 1.67. The first-order valence-electron chi connectivity index (χ1n) is 10.8. The molecule has 2 aliphatic heterocycles. The van der Waals surface area contributed by atoms with Crippen LogP contribution in [0.5, 0.6) is 0 Å². The van der Waals surface area contributed by atoms with Gasteiger partial charge in [0.1, 0.15) is 0 Å².